The van der Waals surface area contributed by atoms with E-state index in [1.54, 1.807) is 0 Å². The van der Waals surface area contributed by atoms with Crippen LogP contribution in [0.5, 0.6) is 23.0 Å². The maximum atomic E-state index is 11.9. The Morgan fingerprint density at radius 1 is 0.851 bits per heavy atom. The molecule has 47 heavy (non-hydrogen) atoms. The molecule has 2 aromatic carbocycles. The average molecular weight is 654 g/mol. The van der Waals surface area contributed by atoms with Crippen molar-refractivity contribution in [3.05, 3.63) is 74.2 Å². The quantitative estimate of drug-likeness (QED) is 0.240. The lowest BCUT2D eigenvalue weighted by atomic mass is 9.93. The third-order valence-electron chi connectivity index (χ3n) is 7.27. The van der Waals surface area contributed by atoms with Gasteiger partial charge in [-0.2, -0.15) is 0 Å². The highest BCUT2D eigenvalue weighted by atomic mass is 16.5. The van der Waals surface area contributed by atoms with Gasteiger partial charge in [0.2, 0.25) is 0 Å². The van der Waals surface area contributed by atoms with E-state index in [0.717, 1.165) is 63.8 Å². The van der Waals surface area contributed by atoms with Gasteiger partial charge in [0.05, 0.1) is 32.8 Å². The van der Waals surface area contributed by atoms with Crippen LogP contribution in [0.15, 0.2) is 51.2 Å². The number of carbonyl (C=O) groups is 1. The van der Waals surface area contributed by atoms with Crippen molar-refractivity contribution in [2.24, 2.45) is 19.1 Å². The maximum absolute atomic E-state index is 11.9. The Balaban J connectivity index is 0.000000284. The summed E-state index contributed by atoms with van der Waals surface area (Å²) in [7, 11) is 2.81. The van der Waals surface area contributed by atoms with Gasteiger partial charge in [-0.25, -0.2) is 9.78 Å². The Bertz CT molecular complexity index is 1860. The lowest BCUT2D eigenvalue weighted by Gasteiger charge is -2.21. The second-order valence-electron chi connectivity index (χ2n) is 10.4. The van der Waals surface area contributed by atoms with Crippen LogP contribution in [0.2, 0.25) is 0 Å². The zero-order chi connectivity index (χ0) is 33.4. The van der Waals surface area contributed by atoms with Gasteiger partial charge in [0.15, 0.2) is 34.2 Å². The van der Waals surface area contributed by atoms with Crippen molar-refractivity contribution in [1.29, 1.82) is 0 Å². The van der Waals surface area contributed by atoms with Gasteiger partial charge in [0.25, 0.3) is 5.56 Å². The Morgan fingerprint density at radius 2 is 1.45 bits per heavy atom. The fraction of sp³-hybridized carbons (Fsp3) is 0.424. The van der Waals surface area contributed by atoms with Gasteiger partial charge in [0, 0.05) is 38.3 Å². The van der Waals surface area contributed by atoms with E-state index in [4.69, 9.17) is 29.0 Å². The molecular formula is C33H43N5O9. The highest BCUT2D eigenvalue weighted by molar-refractivity contribution is 6.04. The number of nitrogens with zero attached hydrogens (tertiary/aromatic N) is 5. The molecule has 0 unspecified atom stereocenters. The number of rotatable bonds is 12. The van der Waals surface area contributed by atoms with Crippen molar-refractivity contribution < 1.29 is 34.3 Å². The SMILES string of the molecule is CCOc1ccc(CC2=NCCc3cc(OCC)c(OCC)cc32)cc1OCC.Cn1c(=O)c2c(ncn2CC(=O)O)n(C)c1=O.O. The van der Waals surface area contributed by atoms with E-state index in [1.807, 2.05) is 33.8 Å². The molecule has 0 aliphatic carbocycles. The van der Waals surface area contributed by atoms with Gasteiger partial charge in [-0.1, -0.05) is 6.07 Å². The van der Waals surface area contributed by atoms with Crippen LogP contribution in [0.1, 0.15) is 44.4 Å². The van der Waals surface area contributed by atoms with Crippen LogP contribution in [-0.2, 0) is 38.3 Å². The van der Waals surface area contributed by atoms with Crippen LogP contribution in [0, 0.1) is 0 Å². The molecule has 3 heterocycles. The number of benzene rings is 2. The molecule has 4 aromatic rings. The minimum Gasteiger partial charge on any atom is -0.490 e. The Morgan fingerprint density at radius 3 is 2.06 bits per heavy atom. The van der Waals surface area contributed by atoms with Gasteiger partial charge in [0.1, 0.15) is 6.54 Å². The number of hydrogen-bond donors (Lipinski definition) is 1. The fourth-order valence-corrected chi connectivity index (χ4v) is 5.22. The average Bonchev–Trinajstić information content (AvgIpc) is 3.44. The lowest BCUT2D eigenvalue weighted by molar-refractivity contribution is -0.137. The molecule has 0 amide bonds. The van der Waals surface area contributed by atoms with Crippen molar-refractivity contribution in [1.82, 2.24) is 18.7 Å². The van der Waals surface area contributed by atoms with Crippen LogP contribution in [-0.4, -0.2) is 73.9 Å². The fourth-order valence-electron chi connectivity index (χ4n) is 5.22. The third-order valence-corrected chi connectivity index (χ3v) is 7.27. The van der Waals surface area contributed by atoms with E-state index in [0.29, 0.717) is 26.4 Å². The summed E-state index contributed by atoms with van der Waals surface area (Å²) in [6.07, 6.45) is 2.89. The summed E-state index contributed by atoms with van der Waals surface area (Å²) >= 11 is 0. The predicted molar refractivity (Wildman–Crippen MR) is 178 cm³/mol. The van der Waals surface area contributed by atoms with Crippen LogP contribution in [0.3, 0.4) is 0 Å². The lowest BCUT2D eigenvalue weighted by Crippen LogP contribution is -2.37. The van der Waals surface area contributed by atoms with E-state index in [1.165, 1.54) is 35.1 Å². The summed E-state index contributed by atoms with van der Waals surface area (Å²) in [6, 6.07) is 10.3. The summed E-state index contributed by atoms with van der Waals surface area (Å²) in [5.41, 5.74) is 3.87. The molecule has 0 saturated carbocycles. The number of hydrogen-bond acceptors (Lipinski definition) is 9. The molecule has 0 saturated heterocycles. The number of fused-ring (bicyclic) bond motifs is 2. The van der Waals surface area contributed by atoms with Crippen LogP contribution < -0.4 is 30.2 Å². The van der Waals surface area contributed by atoms with Gasteiger partial charge < -0.3 is 34.1 Å². The summed E-state index contributed by atoms with van der Waals surface area (Å²) in [4.78, 5) is 42.8. The number of imidazole rings is 1. The van der Waals surface area contributed by atoms with Crippen molar-refractivity contribution in [2.75, 3.05) is 33.0 Å². The second-order valence-corrected chi connectivity index (χ2v) is 10.4. The number of aryl methyl sites for hydroxylation is 1. The molecule has 2 aromatic heterocycles. The molecule has 0 spiro atoms. The number of ether oxygens (including phenoxy) is 4. The monoisotopic (exact) mass is 653 g/mol. The van der Waals surface area contributed by atoms with Gasteiger partial charge in [-0.15, -0.1) is 0 Å². The van der Waals surface area contributed by atoms with Crippen molar-refractivity contribution in [2.45, 2.75) is 47.1 Å². The molecule has 5 rings (SSSR count). The van der Waals surface area contributed by atoms with Crippen molar-refractivity contribution in [3.63, 3.8) is 0 Å². The molecule has 0 radical (unpaired) electrons. The van der Waals surface area contributed by atoms with E-state index in [9.17, 15) is 14.4 Å². The minimum atomic E-state index is -1.08. The summed E-state index contributed by atoms with van der Waals surface area (Å²) in [6.45, 7) is 10.8. The first-order valence-electron chi connectivity index (χ1n) is 15.3. The van der Waals surface area contributed by atoms with Crippen LogP contribution >= 0.6 is 0 Å². The number of aliphatic imine (C=N–C) groups is 1. The molecule has 3 N–H and O–H groups in total. The number of aromatic nitrogens is 4. The summed E-state index contributed by atoms with van der Waals surface area (Å²) in [5.74, 6) is 2.08. The highest BCUT2D eigenvalue weighted by Crippen LogP contribution is 2.34. The molecular weight excluding hydrogens is 610 g/mol. The first-order valence-corrected chi connectivity index (χ1v) is 15.3. The second kappa shape index (κ2) is 16.5. The molecule has 0 bridgehead atoms. The van der Waals surface area contributed by atoms with Crippen molar-refractivity contribution in [3.8, 4) is 23.0 Å². The third kappa shape index (κ3) is 8.19. The summed E-state index contributed by atoms with van der Waals surface area (Å²) in [5, 5.41) is 8.70. The first kappa shape index (κ1) is 36.4. The van der Waals surface area contributed by atoms with Gasteiger partial charge in [-0.3, -0.25) is 23.7 Å². The largest absolute Gasteiger partial charge is 0.490 e. The highest BCUT2D eigenvalue weighted by Gasteiger charge is 2.20. The van der Waals surface area contributed by atoms with Crippen molar-refractivity contribution >= 4 is 22.8 Å². The number of carboxylic acids is 1. The molecule has 0 fully saturated rings. The summed E-state index contributed by atoms with van der Waals surface area (Å²) < 4.78 is 26.4. The zero-order valence-electron chi connectivity index (χ0n) is 27.7. The number of aliphatic carboxylic acids is 1. The maximum Gasteiger partial charge on any atom is 0.332 e. The topological polar surface area (TPSA) is 180 Å². The number of carboxylic acid groups (broad SMARTS) is 1. The van der Waals surface area contributed by atoms with Crippen LogP contribution in [0.25, 0.3) is 11.2 Å². The zero-order valence-corrected chi connectivity index (χ0v) is 27.7. The Labute approximate surface area is 272 Å². The Hall–Kier alpha value is -5.11. The molecule has 1 aliphatic rings. The van der Waals surface area contributed by atoms with E-state index in [-0.39, 0.29) is 23.2 Å². The predicted octanol–water partition coefficient (Wildman–Crippen LogP) is 2.56. The molecule has 254 valence electrons. The van der Waals surface area contributed by atoms with E-state index >= 15 is 0 Å². The molecule has 1 aliphatic heterocycles. The first-order chi connectivity index (χ1) is 22.1. The van der Waals surface area contributed by atoms with E-state index < -0.39 is 17.2 Å². The molecule has 14 heteroatoms. The smallest absolute Gasteiger partial charge is 0.332 e. The minimum absolute atomic E-state index is 0. The molecule has 0 atom stereocenters. The molecule has 14 nitrogen and oxygen atoms in total. The standard InChI is InChI=1S/C24H31NO4.C9H10N4O4.H2O/c1-5-26-21-10-9-17(14-22(21)27-6-2)13-20-19-16-24(29-8-4)23(28-7-3)15-18(19)11-12-25-20;1-11-7-6(8(16)12(2)9(11)17)13(4-10-7)3-5(14)15;/h9-10,14-16H,5-8,11-13H2,1-4H3;4H,3H2,1-2H3,(H,14,15);1H2. The van der Waals surface area contributed by atoms with Crippen LogP contribution in [0.4, 0.5) is 0 Å². The van der Waals surface area contributed by atoms with E-state index in [2.05, 4.69) is 29.2 Å². The Kier molecular flexibility index (Phi) is 12.7. The van der Waals surface area contributed by atoms with Gasteiger partial charge in [-0.05, 0) is 69.5 Å². The normalized spacial score (nSPS) is 11.8. The van der Waals surface area contributed by atoms with Gasteiger partial charge >= 0.3 is 11.7 Å².